The van der Waals surface area contributed by atoms with Gasteiger partial charge in [-0.15, -0.1) is 11.3 Å². The Labute approximate surface area is 215 Å². The zero-order valence-electron chi connectivity index (χ0n) is 19.3. The van der Waals surface area contributed by atoms with Crippen molar-refractivity contribution in [1.82, 2.24) is 20.2 Å². The maximum absolute atomic E-state index is 12.5. The van der Waals surface area contributed by atoms with Gasteiger partial charge < -0.3 is 20.3 Å². The Bertz CT molecular complexity index is 1050. The molecule has 4 heterocycles. The number of likely N-dealkylation sites (tertiary alicyclic amines) is 1. The van der Waals surface area contributed by atoms with Crippen LogP contribution in [0.1, 0.15) is 11.4 Å². The lowest BCUT2D eigenvalue weighted by molar-refractivity contribution is -0.193. The third-order valence-corrected chi connectivity index (χ3v) is 6.30. The smallest absolute Gasteiger partial charge is 0.490 e. The highest BCUT2D eigenvalue weighted by atomic mass is 32.1. The Kier molecular flexibility index (Phi) is 10.4. The van der Waals surface area contributed by atoms with Gasteiger partial charge in [-0.05, 0) is 25.1 Å². The average molecular weight is 572 g/mol. The summed E-state index contributed by atoms with van der Waals surface area (Å²) in [6, 6.07) is 3.75. The molecule has 2 aliphatic heterocycles. The van der Waals surface area contributed by atoms with Crippen LogP contribution in [0.2, 0.25) is 0 Å². The van der Waals surface area contributed by atoms with E-state index < -0.39 is 24.3 Å². The van der Waals surface area contributed by atoms with Crippen LogP contribution < -0.4 is 10.1 Å². The number of thiazole rings is 1. The average Bonchev–Trinajstić information content (AvgIpc) is 3.56. The predicted octanol–water partition coefficient (Wildman–Crippen LogP) is 2.82. The van der Waals surface area contributed by atoms with E-state index in [1.165, 1.54) is 0 Å². The number of rotatable bonds is 5. The van der Waals surface area contributed by atoms with Crippen LogP contribution in [0.5, 0.6) is 5.75 Å². The van der Waals surface area contributed by atoms with Gasteiger partial charge in [-0.3, -0.25) is 14.7 Å². The van der Waals surface area contributed by atoms with E-state index in [4.69, 9.17) is 24.5 Å². The fourth-order valence-corrected chi connectivity index (χ4v) is 4.37. The van der Waals surface area contributed by atoms with Crippen molar-refractivity contribution in [3.8, 4) is 5.75 Å². The minimum Gasteiger partial charge on any atom is -0.492 e. The van der Waals surface area contributed by atoms with Crippen LogP contribution in [0.4, 0.5) is 26.3 Å². The molecule has 0 unspecified atom stereocenters. The topological polar surface area (TPSA) is 142 Å². The zero-order chi connectivity index (χ0) is 28.6. The summed E-state index contributed by atoms with van der Waals surface area (Å²) in [5.74, 6) is -4.40. The van der Waals surface area contributed by atoms with Gasteiger partial charge >= 0.3 is 24.3 Å². The molecule has 1 spiro atoms. The number of aromatic nitrogens is 2. The number of aliphatic carboxylic acids is 2. The first kappa shape index (κ1) is 30.8. The number of alkyl halides is 6. The number of amides is 1. The molecule has 0 bridgehead atoms. The SMILES string of the molecule is O=C(O)C(F)(F)F.O=C(O)C(F)(F)F.O=C1NC[C@@H](COc2cccnc2)[C@]12CCN(Cc1nccs1)C2. The molecule has 38 heavy (non-hydrogen) atoms. The third-order valence-electron chi connectivity index (χ3n) is 5.54. The molecule has 210 valence electrons. The molecular formula is C21H22F6N4O6S. The summed E-state index contributed by atoms with van der Waals surface area (Å²) in [7, 11) is 0. The van der Waals surface area contributed by atoms with Gasteiger partial charge in [-0.25, -0.2) is 14.6 Å². The molecule has 2 atom stereocenters. The van der Waals surface area contributed by atoms with Crippen LogP contribution in [0.25, 0.3) is 0 Å². The van der Waals surface area contributed by atoms with E-state index in [9.17, 15) is 31.1 Å². The molecule has 2 aliphatic rings. The quantitative estimate of drug-likeness (QED) is 0.461. The summed E-state index contributed by atoms with van der Waals surface area (Å²) >= 11 is 1.66. The Hall–Kier alpha value is -3.47. The van der Waals surface area contributed by atoms with Gasteiger partial charge in [0.1, 0.15) is 10.8 Å². The molecule has 2 saturated heterocycles. The van der Waals surface area contributed by atoms with Crippen molar-refractivity contribution in [3.63, 3.8) is 0 Å². The van der Waals surface area contributed by atoms with Gasteiger partial charge in [0.2, 0.25) is 5.91 Å². The molecule has 1 amide bonds. The molecule has 17 heteroatoms. The second-order valence-corrected chi connectivity index (χ2v) is 9.03. The van der Waals surface area contributed by atoms with Crippen molar-refractivity contribution in [3.05, 3.63) is 41.1 Å². The Morgan fingerprint density at radius 3 is 2.29 bits per heavy atom. The molecule has 0 radical (unpaired) electrons. The normalized spacial score (nSPS) is 21.1. The standard InChI is InChI=1S/C17H20N4O2S.2C2HF3O2/c22-16-17(3-6-21(12-17)10-15-19-5-7-24-15)13(8-20-16)11-23-14-2-1-4-18-9-14;2*3-2(4,5)1(6)7/h1-2,4-5,7,9,13H,3,6,8,10-12H2,(H,20,22);2*(H,6,7)/t13-,17+;;/m0../s1. The number of pyridine rings is 1. The van der Waals surface area contributed by atoms with Crippen LogP contribution >= 0.6 is 11.3 Å². The molecule has 10 nitrogen and oxygen atoms in total. The predicted molar refractivity (Wildman–Crippen MR) is 118 cm³/mol. The van der Waals surface area contributed by atoms with Crippen molar-refractivity contribution in [2.45, 2.75) is 25.3 Å². The zero-order valence-corrected chi connectivity index (χ0v) is 20.1. The lowest BCUT2D eigenvalue weighted by Gasteiger charge is -2.28. The van der Waals surface area contributed by atoms with Crippen LogP contribution in [0.15, 0.2) is 36.1 Å². The summed E-state index contributed by atoms with van der Waals surface area (Å²) in [5, 5.41) is 20.4. The van der Waals surface area contributed by atoms with Gasteiger partial charge in [-0.1, -0.05) is 0 Å². The summed E-state index contributed by atoms with van der Waals surface area (Å²) in [5.41, 5.74) is -0.334. The fraction of sp³-hybridized carbons (Fsp3) is 0.476. The monoisotopic (exact) mass is 572 g/mol. The minimum absolute atomic E-state index is 0.170. The summed E-state index contributed by atoms with van der Waals surface area (Å²) < 4.78 is 69.4. The maximum Gasteiger partial charge on any atom is 0.490 e. The number of carboxylic acids is 2. The van der Waals surface area contributed by atoms with Gasteiger partial charge in [0.25, 0.3) is 0 Å². The number of carbonyl (C=O) groups is 3. The van der Waals surface area contributed by atoms with E-state index in [0.717, 1.165) is 36.8 Å². The largest absolute Gasteiger partial charge is 0.492 e. The van der Waals surface area contributed by atoms with Gasteiger partial charge in [0.15, 0.2) is 0 Å². The van der Waals surface area contributed by atoms with Crippen LogP contribution in [0, 0.1) is 11.3 Å². The number of hydrogen-bond donors (Lipinski definition) is 3. The molecule has 0 aromatic carbocycles. The first-order chi connectivity index (χ1) is 17.6. The summed E-state index contributed by atoms with van der Waals surface area (Å²) in [6.45, 7) is 3.75. The van der Waals surface area contributed by atoms with E-state index >= 15 is 0 Å². The molecule has 4 rings (SSSR count). The first-order valence-electron chi connectivity index (χ1n) is 10.7. The number of nitrogens with zero attached hydrogens (tertiary/aromatic N) is 3. The highest BCUT2D eigenvalue weighted by Gasteiger charge is 2.54. The number of halogens is 6. The van der Waals surface area contributed by atoms with Crippen LogP contribution in [0.3, 0.4) is 0 Å². The van der Waals surface area contributed by atoms with Crippen molar-refractivity contribution in [1.29, 1.82) is 0 Å². The molecule has 0 saturated carbocycles. The van der Waals surface area contributed by atoms with Crippen molar-refractivity contribution in [2.75, 3.05) is 26.2 Å². The van der Waals surface area contributed by atoms with Crippen molar-refractivity contribution >= 4 is 29.2 Å². The van der Waals surface area contributed by atoms with E-state index in [1.54, 1.807) is 23.7 Å². The highest BCUT2D eigenvalue weighted by Crippen LogP contribution is 2.42. The van der Waals surface area contributed by atoms with E-state index in [1.807, 2.05) is 23.7 Å². The molecule has 2 aromatic heterocycles. The first-order valence-corrected chi connectivity index (χ1v) is 11.5. The number of carboxylic acid groups (broad SMARTS) is 2. The molecular weight excluding hydrogens is 550 g/mol. The second-order valence-electron chi connectivity index (χ2n) is 8.06. The highest BCUT2D eigenvalue weighted by molar-refractivity contribution is 7.09. The minimum atomic E-state index is -5.08. The Morgan fingerprint density at radius 2 is 1.79 bits per heavy atom. The molecule has 2 aromatic rings. The van der Waals surface area contributed by atoms with Gasteiger partial charge in [0.05, 0.1) is 24.8 Å². The van der Waals surface area contributed by atoms with E-state index in [-0.39, 0.29) is 17.2 Å². The lowest BCUT2D eigenvalue weighted by atomic mass is 9.77. The van der Waals surface area contributed by atoms with Gasteiger partial charge in [-0.2, -0.15) is 26.3 Å². The number of ether oxygens (including phenoxy) is 1. The number of nitrogens with one attached hydrogen (secondary N) is 1. The number of hydrogen-bond acceptors (Lipinski definition) is 8. The third kappa shape index (κ3) is 8.83. The van der Waals surface area contributed by atoms with E-state index in [2.05, 4.69) is 20.2 Å². The second kappa shape index (κ2) is 12.9. The van der Waals surface area contributed by atoms with Gasteiger partial charge in [0, 0.05) is 36.8 Å². The van der Waals surface area contributed by atoms with Crippen LogP contribution in [-0.2, 0) is 20.9 Å². The maximum atomic E-state index is 12.5. The summed E-state index contributed by atoms with van der Waals surface area (Å²) in [4.78, 5) is 41.1. The Balaban J connectivity index is 0.000000301. The molecule has 0 aliphatic carbocycles. The summed E-state index contributed by atoms with van der Waals surface area (Å²) in [6.07, 6.45) is -4.02. The van der Waals surface area contributed by atoms with E-state index in [0.29, 0.717) is 13.2 Å². The molecule has 3 N–H and O–H groups in total. The lowest BCUT2D eigenvalue weighted by Crippen LogP contribution is -2.40. The fourth-order valence-electron chi connectivity index (χ4n) is 3.71. The van der Waals surface area contributed by atoms with Crippen molar-refractivity contribution in [2.24, 2.45) is 11.3 Å². The van der Waals surface area contributed by atoms with Crippen molar-refractivity contribution < 1.29 is 55.7 Å². The Morgan fingerprint density at radius 1 is 1.16 bits per heavy atom. The molecule has 2 fully saturated rings. The number of carbonyl (C=O) groups excluding carboxylic acids is 1. The van der Waals surface area contributed by atoms with Crippen LogP contribution in [-0.4, -0.2) is 81.5 Å².